The Kier molecular flexibility index (Phi) is 6.40. The van der Waals surface area contributed by atoms with Gasteiger partial charge in [-0.2, -0.15) is 0 Å². The van der Waals surface area contributed by atoms with E-state index in [-0.39, 0.29) is 23.8 Å². The Hall–Kier alpha value is -2.04. The molecule has 0 aromatic heterocycles. The molecule has 0 bridgehead atoms. The summed E-state index contributed by atoms with van der Waals surface area (Å²) in [5, 5.41) is 2.84. The molecule has 0 aliphatic rings. The predicted octanol–water partition coefficient (Wildman–Crippen LogP) is 3.06. The summed E-state index contributed by atoms with van der Waals surface area (Å²) in [6.45, 7) is 10.2. The Morgan fingerprint density at radius 2 is 1.86 bits per heavy atom. The number of carbonyl (C=O) groups excluding carboxylic acids is 2. The molecule has 1 aromatic rings. The zero-order valence-electron chi connectivity index (χ0n) is 14.1. The minimum Gasteiger partial charge on any atom is -0.492 e. The number of rotatable bonds is 6. The Bertz CT molecular complexity index is 521. The highest BCUT2D eigenvalue weighted by atomic mass is 16.5. The highest BCUT2D eigenvalue weighted by molar-refractivity contribution is 5.92. The van der Waals surface area contributed by atoms with Crippen molar-refractivity contribution in [3.63, 3.8) is 0 Å². The zero-order chi connectivity index (χ0) is 16.8. The van der Waals surface area contributed by atoms with Crippen molar-refractivity contribution in [3.05, 3.63) is 24.3 Å². The topological polar surface area (TPSA) is 58.6 Å². The van der Waals surface area contributed by atoms with Crippen LogP contribution in [0.1, 0.15) is 41.0 Å². The second-order valence-corrected chi connectivity index (χ2v) is 6.07. The number of hydrogen-bond acceptors (Lipinski definition) is 3. The van der Waals surface area contributed by atoms with E-state index in [9.17, 15) is 9.59 Å². The predicted molar refractivity (Wildman–Crippen MR) is 88.0 cm³/mol. The van der Waals surface area contributed by atoms with E-state index in [2.05, 4.69) is 5.32 Å². The van der Waals surface area contributed by atoms with E-state index in [0.29, 0.717) is 24.6 Å². The molecule has 0 spiro atoms. The van der Waals surface area contributed by atoms with Crippen LogP contribution in [0.25, 0.3) is 0 Å². The van der Waals surface area contributed by atoms with Crippen LogP contribution in [0, 0.1) is 0 Å². The molecule has 0 aliphatic carbocycles. The molecule has 0 fully saturated rings. The summed E-state index contributed by atoms with van der Waals surface area (Å²) in [4.78, 5) is 25.5. The highest BCUT2D eigenvalue weighted by Gasteiger charge is 2.24. The quantitative estimate of drug-likeness (QED) is 0.878. The Balaban J connectivity index is 2.65. The molecule has 0 saturated heterocycles. The number of para-hydroxylation sites is 2. The first-order valence-electron chi connectivity index (χ1n) is 7.55. The second kappa shape index (κ2) is 7.82. The third-order valence-electron chi connectivity index (χ3n) is 3.21. The van der Waals surface area contributed by atoms with Crippen LogP contribution in [0.4, 0.5) is 5.69 Å². The molecular formula is C17H26N2O3. The molecule has 0 saturated carbocycles. The van der Waals surface area contributed by atoms with Crippen molar-refractivity contribution in [1.29, 1.82) is 0 Å². The number of ether oxygens (including phenoxy) is 1. The van der Waals surface area contributed by atoms with E-state index in [4.69, 9.17) is 4.74 Å². The van der Waals surface area contributed by atoms with Crippen molar-refractivity contribution in [2.75, 3.05) is 18.5 Å². The maximum absolute atomic E-state index is 12.1. The second-order valence-electron chi connectivity index (χ2n) is 6.07. The molecule has 2 amide bonds. The first-order chi connectivity index (χ1) is 10.3. The lowest BCUT2D eigenvalue weighted by molar-refractivity contribution is -0.134. The van der Waals surface area contributed by atoms with Gasteiger partial charge in [-0.05, 0) is 39.8 Å². The van der Waals surface area contributed by atoms with Crippen LogP contribution in [-0.2, 0) is 9.59 Å². The van der Waals surface area contributed by atoms with Gasteiger partial charge < -0.3 is 15.0 Å². The minimum atomic E-state index is -0.296. The monoisotopic (exact) mass is 306 g/mol. The number of carbonyl (C=O) groups is 2. The van der Waals surface area contributed by atoms with Gasteiger partial charge in [0.1, 0.15) is 5.75 Å². The molecule has 1 aromatic carbocycles. The van der Waals surface area contributed by atoms with E-state index in [1.807, 2.05) is 45.9 Å². The van der Waals surface area contributed by atoms with Gasteiger partial charge in [0.15, 0.2) is 0 Å². The number of nitrogens with one attached hydrogen (secondary N) is 1. The number of benzene rings is 1. The molecule has 0 radical (unpaired) electrons. The van der Waals surface area contributed by atoms with E-state index >= 15 is 0 Å². The fourth-order valence-electron chi connectivity index (χ4n) is 2.24. The van der Waals surface area contributed by atoms with Crippen molar-refractivity contribution < 1.29 is 14.3 Å². The normalized spacial score (nSPS) is 11.0. The van der Waals surface area contributed by atoms with Crippen molar-refractivity contribution in [2.24, 2.45) is 0 Å². The van der Waals surface area contributed by atoms with Crippen molar-refractivity contribution >= 4 is 17.5 Å². The van der Waals surface area contributed by atoms with Gasteiger partial charge in [0.05, 0.1) is 12.3 Å². The first-order valence-corrected chi connectivity index (χ1v) is 7.55. The number of anilines is 1. The Labute approximate surface area is 132 Å². The van der Waals surface area contributed by atoms with Gasteiger partial charge in [0, 0.05) is 25.4 Å². The molecule has 0 aliphatic heterocycles. The van der Waals surface area contributed by atoms with E-state index in [1.165, 1.54) is 6.92 Å². The maximum atomic E-state index is 12.1. The molecular weight excluding hydrogens is 280 g/mol. The summed E-state index contributed by atoms with van der Waals surface area (Å²) in [6.07, 6.45) is 0.247. The van der Waals surface area contributed by atoms with E-state index in [1.54, 1.807) is 11.0 Å². The average molecular weight is 306 g/mol. The van der Waals surface area contributed by atoms with Crippen LogP contribution in [0.15, 0.2) is 24.3 Å². The van der Waals surface area contributed by atoms with Crippen LogP contribution in [0.5, 0.6) is 5.75 Å². The van der Waals surface area contributed by atoms with Gasteiger partial charge in [-0.15, -0.1) is 0 Å². The number of hydrogen-bond donors (Lipinski definition) is 1. The summed E-state index contributed by atoms with van der Waals surface area (Å²) >= 11 is 0. The van der Waals surface area contributed by atoms with Gasteiger partial charge in [0.2, 0.25) is 11.8 Å². The Morgan fingerprint density at radius 3 is 2.41 bits per heavy atom. The third kappa shape index (κ3) is 5.39. The number of nitrogens with zero attached hydrogens (tertiary/aromatic N) is 1. The molecule has 1 rings (SSSR count). The fraction of sp³-hybridized carbons (Fsp3) is 0.529. The van der Waals surface area contributed by atoms with Gasteiger partial charge >= 0.3 is 0 Å². The number of amides is 2. The van der Waals surface area contributed by atoms with Crippen molar-refractivity contribution in [1.82, 2.24) is 4.90 Å². The molecule has 5 heteroatoms. The van der Waals surface area contributed by atoms with Crippen molar-refractivity contribution in [3.8, 4) is 5.75 Å². The molecule has 5 nitrogen and oxygen atoms in total. The summed E-state index contributed by atoms with van der Waals surface area (Å²) in [5.41, 5.74) is 0.356. The average Bonchev–Trinajstić information content (AvgIpc) is 2.39. The molecule has 1 N–H and O–H groups in total. The van der Waals surface area contributed by atoms with E-state index < -0.39 is 0 Å². The standard InChI is InChI=1S/C17H26N2O3/c1-6-22-15-10-8-7-9-14(15)18-16(21)11-12-19(13(2)20)17(3,4)5/h7-10H,6,11-12H2,1-5H3,(H,18,21). The van der Waals surface area contributed by atoms with Gasteiger partial charge in [-0.3, -0.25) is 9.59 Å². The summed E-state index contributed by atoms with van der Waals surface area (Å²) in [6, 6.07) is 7.32. The van der Waals surface area contributed by atoms with Gasteiger partial charge in [0.25, 0.3) is 0 Å². The largest absolute Gasteiger partial charge is 0.492 e. The summed E-state index contributed by atoms with van der Waals surface area (Å²) < 4.78 is 5.48. The lowest BCUT2D eigenvalue weighted by atomic mass is 10.1. The van der Waals surface area contributed by atoms with Crippen molar-refractivity contribution in [2.45, 2.75) is 46.6 Å². The van der Waals surface area contributed by atoms with Crippen LogP contribution in [-0.4, -0.2) is 35.4 Å². The van der Waals surface area contributed by atoms with Crippen LogP contribution < -0.4 is 10.1 Å². The van der Waals surface area contributed by atoms with Crippen LogP contribution >= 0.6 is 0 Å². The zero-order valence-corrected chi connectivity index (χ0v) is 14.1. The van der Waals surface area contributed by atoms with E-state index in [0.717, 1.165) is 0 Å². The first kappa shape index (κ1) is 18.0. The molecule has 0 heterocycles. The molecule has 122 valence electrons. The lowest BCUT2D eigenvalue weighted by Crippen LogP contribution is -2.45. The highest BCUT2D eigenvalue weighted by Crippen LogP contribution is 2.24. The SMILES string of the molecule is CCOc1ccccc1NC(=O)CCN(C(C)=O)C(C)(C)C. The van der Waals surface area contributed by atoms with Gasteiger partial charge in [-0.1, -0.05) is 12.1 Å². The van der Waals surface area contributed by atoms with Crippen LogP contribution in [0.2, 0.25) is 0 Å². The van der Waals surface area contributed by atoms with Gasteiger partial charge in [-0.25, -0.2) is 0 Å². The Morgan fingerprint density at radius 1 is 1.23 bits per heavy atom. The summed E-state index contributed by atoms with van der Waals surface area (Å²) in [5.74, 6) is 0.482. The molecule has 22 heavy (non-hydrogen) atoms. The smallest absolute Gasteiger partial charge is 0.226 e. The summed E-state index contributed by atoms with van der Waals surface area (Å²) in [7, 11) is 0. The minimum absolute atomic E-state index is 0.0324. The lowest BCUT2D eigenvalue weighted by Gasteiger charge is -2.34. The maximum Gasteiger partial charge on any atom is 0.226 e. The van der Waals surface area contributed by atoms with Crippen LogP contribution in [0.3, 0.4) is 0 Å². The molecule has 0 atom stereocenters. The molecule has 0 unspecified atom stereocenters. The third-order valence-corrected chi connectivity index (χ3v) is 3.21. The fourth-order valence-corrected chi connectivity index (χ4v) is 2.24.